The van der Waals surface area contributed by atoms with Gasteiger partial charge in [0.05, 0.1) is 6.04 Å². The summed E-state index contributed by atoms with van der Waals surface area (Å²) in [5.41, 5.74) is 0.852. The Morgan fingerprint density at radius 1 is 1.20 bits per heavy atom. The van der Waals surface area contributed by atoms with Gasteiger partial charge in [-0.15, -0.1) is 0 Å². The number of carbonyl (C=O) groups is 2. The second-order valence-electron chi connectivity index (χ2n) is 6.49. The van der Waals surface area contributed by atoms with E-state index in [-0.39, 0.29) is 18.4 Å². The molecule has 0 aromatic heterocycles. The van der Waals surface area contributed by atoms with Crippen molar-refractivity contribution in [1.29, 1.82) is 0 Å². The van der Waals surface area contributed by atoms with Crippen molar-refractivity contribution in [3.05, 3.63) is 34.9 Å². The molecule has 2 fully saturated rings. The highest BCUT2D eigenvalue weighted by Gasteiger charge is 2.42. The lowest BCUT2D eigenvalue weighted by atomic mass is 9.97. The normalized spacial score (nSPS) is 25.3. The molecule has 0 aliphatic carbocycles. The molecule has 2 saturated heterocycles. The molecule has 2 aliphatic heterocycles. The third-order valence-electron chi connectivity index (χ3n) is 5.07. The van der Waals surface area contributed by atoms with Gasteiger partial charge in [-0.1, -0.05) is 30.7 Å². The molecule has 1 aromatic carbocycles. The summed E-state index contributed by atoms with van der Waals surface area (Å²) in [5.74, 6) is -0.171. The van der Waals surface area contributed by atoms with Crippen LogP contribution in [0.3, 0.4) is 0 Å². The van der Waals surface area contributed by atoms with Crippen molar-refractivity contribution in [2.75, 3.05) is 46.4 Å². The van der Waals surface area contributed by atoms with E-state index in [0.717, 1.165) is 25.2 Å². The van der Waals surface area contributed by atoms with Crippen molar-refractivity contribution in [1.82, 2.24) is 14.7 Å². The van der Waals surface area contributed by atoms with E-state index in [0.29, 0.717) is 18.1 Å². The smallest absolute Gasteiger partial charge is 0.254 e. The van der Waals surface area contributed by atoms with Crippen LogP contribution in [0.1, 0.15) is 18.5 Å². The van der Waals surface area contributed by atoms with E-state index in [4.69, 9.17) is 16.3 Å². The van der Waals surface area contributed by atoms with Gasteiger partial charge in [-0.2, -0.15) is 0 Å². The van der Waals surface area contributed by atoms with Crippen LogP contribution in [0, 0.1) is 0 Å². The average Bonchev–Trinajstić information content (AvgIpc) is 2.64. The Labute approximate surface area is 153 Å². The second-order valence-corrected chi connectivity index (χ2v) is 6.93. The molecule has 1 aromatic rings. The summed E-state index contributed by atoms with van der Waals surface area (Å²) >= 11 is 5.97. The summed E-state index contributed by atoms with van der Waals surface area (Å²) < 4.78 is 5.70. The van der Waals surface area contributed by atoms with Gasteiger partial charge in [-0.3, -0.25) is 9.59 Å². The van der Waals surface area contributed by atoms with Crippen LogP contribution in [0.25, 0.3) is 0 Å². The Balaban J connectivity index is 1.81. The maximum absolute atomic E-state index is 13.1. The highest BCUT2D eigenvalue weighted by atomic mass is 35.5. The molecule has 0 saturated carbocycles. The van der Waals surface area contributed by atoms with E-state index < -0.39 is 12.1 Å². The van der Waals surface area contributed by atoms with Crippen molar-refractivity contribution in [2.24, 2.45) is 0 Å². The number of benzene rings is 1. The molecule has 6 nitrogen and oxygen atoms in total. The van der Waals surface area contributed by atoms with Gasteiger partial charge in [0.15, 0.2) is 6.10 Å². The molecular formula is C18H24ClN3O3. The molecular weight excluding hydrogens is 342 g/mol. The van der Waals surface area contributed by atoms with Crippen LogP contribution < -0.4 is 0 Å². The van der Waals surface area contributed by atoms with E-state index in [2.05, 4.69) is 11.8 Å². The van der Waals surface area contributed by atoms with E-state index in [1.165, 1.54) is 0 Å². The third-order valence-corrected chi connectivity index (χ3v) is 5.32. The highest BCUT2D eigenvalue weighted by molar-refractivity contribution is 6.30. The van der Waals surface area contributed by atoms with Crippen LogP contribution in [0.15, 0.2) is 24.3 Å². The molecule has 0 radical (unpaired) electrons. The fourth-order valence-corrected chi connectivity index (χ4v) is 3.57. The predicted molar refractivity (Wildman–Crippen MR) is 95.4 cm³/mol. The molecule has 2 aliphatic rings. The lowest BCUT2D eigenvalue weighted by molar-refractivity contribution is -0.168. The molecule has 3 rings (SSSR count). The van der Waals surface area contributed by atoms with Crippen molar-refractivity contribution >= 4 is 23.4 Å². The van der Waals surface area contributed by atoms with Gasteiger partial charge in [-0.25, -0.2) is 0 Å². The number of hydrogen-bond acceptors (Lipinski definition) is 4. The fourth-order valence-electron chi connectivity index (χ4n) is 3.44. The van der Waals surface area contributed by atoms with E-state index in [9.17, 15) is 9.59 Å². The number of halogens is 1. The lowest BCUT2D eigenvalue weighted by Crippen LogP contribution is -2.57. The zero-order valence-corrected chi connectivity index (χ0v) is 15.4. The van der Waals surface area contributed by atoms with Crippen LogP contribution in [0.4, 0.5) is 0 Å². The van der Waals surface area contributed by atoms with Crippen molar-refractivity contribution in [3.8, 4) is 0 Å². The van der Waals surface area contributed by atoms with Crippen LogP contribution in [0.5, 0.6) is 0 Å². The van der Waals surface area contributed by atoms with Gasteiger partial charge in [0.25, 0.3) is 5.91 Å². The quantitative estimate of drug-likeness (QED) is 0.812. The number of ether oxygens (including phenoxy) is 1. The fraction of sp³-hybridized carbons (Fsp3) is 0.556. The summed E-state index contributed by atoms with van der Waals surface area (Å²) in [6, 6.07) is 6.80. The maximum Gasteiger partial charge on any atom is 0.254 e. The summed E-state index contributed by atoms with van der Waals surface area (Å²) in [7, 11) is 1.72. The van der Waals surface area contributed by atoms with Crippen molar-refractivity contribution in [2.45, 2.75) is 19.1 Å². The third kappa shape index (κ3) is 3.81. The minimum atomic E-state index is -0.683. The molecule has 0 unspecified atom stereocenters. The summed E-state index contributed by atoms with van der Waals surface area (Å²) in [5, 5.41) is 0.619. The number of carbonyl (C=O) groups excluding carboxylic acids is 2. The first kappa shape index (κ1) is 18.2. The number of hydrogen-bond donors (Lipinski definition) is 0. The van der Waals surface area contributed by atoms with Gasteiger partial charge in [0.2, 0.25) is 5.91 Å². The highest BCUT2D eigenvalue weighted by Crippen LogP contribution is 2.31. The van der Waals surface area contributed by atoms with Crippen LogP contribution in [-0.4, -0.2) is 79.0 Å². The Kier molecular flexibility index (Phi) is 5.61. The predicted octanol–water partition coefficient (Wildman–Crippen LogP) is 1.40. The Morgan fingerprint density at radius 3 is 2.44 bits per heavy atom. The second kappa shape index (κ2) is 7.72. The number of nitrogens with zero attached hydrogens (tertiary/aromatic N) is 3. The van der Waals surface area contributed by atoms with Gasteiger partial charge < -0.3 is 19.4 Å². The maximum atomic E-state index is 13.1. The molecule has 2 heterocycles. The van der Waals surface area contributed by atoms with Crippen molar-refractivity contribution < 1.29 is 14.3 Å². The molecule has 25 heavy (non-hydrogen) atoms. The molecule has 2 amide bonds. The van der Waals surface area contributed by atoms with Gasteiger partial charge in [0.1, 0.15) is 6.61 Å². The molecule has 0 bridgehead atoms. The molecule has 0 N–H and O–H groups in total. The Morgan fingerprint density at radius 2 is 1.84 bits per heavy atom. The first-order chi connectivity index (χ1) is 12.0. The van der Waals surface area contributed by atoms with Gasteiger partial charge in [-0.05, 0) is 24.2 Å². The molecule has 7 heteroatoms. The van der Waals surface area contributed by atoms with E-state index in [1.807, 2.05) is 17.0 Å². The monoisotopic (exact) mass is 365 g/mol. The summed E-state index contributed by atoms with van der Waals surface area (Å²) in [6.45, 7) is 6.18. The zero-order valence-electron chi connectivity index (χ0n) is 14.7. The first-order valence-corrected chi connectivity index (χ1v) is 9.03. The number of rotatable bonds is 3. The topological polar surface area (TPSA) is 53.1 Å². The van der Waals surface area contributed by atoms with E-state index in [1.54, 1.807) is 24.1 Å². The van der Waals surface area contributed by atoms with Gasteiger partial charge in [0, 0.05) is 38.2 Å². The largest absolute Gasteiger partial charge is 0.356 e. The minimum Gasteiger partial charge on any atom is -0.356 e. The average molecular weight is 366 g/mol. The standard InChI is InChI=1S/C18H24ClN3O3/c1-3-21-8-10-22(11-9-21)18(24)17-16(20(2)15(23)12-25-17)13-4-6-14(19)7-5-13/h4-7,16-17H,3,8-12H2,1-2H3/t16-,17-/m0/s1. The van der Waals surface area contributed by atoms with Gasteiger partial charge >= 0.3 is 0 Å². The number of morpholine rings is 1. The summed E-state index contributed by atoms with van der Waals surface area (Å²) in [6.07, 6.45) is -0.683. The van der Waals surface area contributed by atoms with Crippen LogP contribution in [-0.2, 0) is 14.3 Å². The molecule has 136 valence electrons. The van der Waals surface area contributed by atoms with E-state index >= 15 is 0 Å². The van der Waals surface area contributed by atoms with Crippen LogP contribution >= 0.6 is 11.6 Å². The van der Waals surface area contributed by atoms with Crippen molar-refractivity contribution in [3.63, 3.8) is 0 Å². The molecule has 0 spiro atoms. The number of amides is 2. The van der Waals surface area contributed by atoms with Crippen LogP contribution in [0.2, 0.25) is 5.02 Å². The lowest BCUT2D eigenvalue weighted by Gasteiger charge is -2.42. The zero-order chi connectivity index (χ0) is 18.0. The Bertz CT molecular complexity index is 629. The number of piperazine rings is 1. The first-order valence-electron chi connectivity index (χ1n) is 8.65. The molecule has 2 atom stereocenters. The Hall–Kier alpha value is -1.63. The summed E-state index contributed by atoms with van der Waals surface area (Å²) in [4.78, 5) is 31.0. The SMILES string of the molecule is CCN1CCN(C(=O)[C@H]2OCC(=O)N(C)[C@H]2c2ccc(Cl)cc2)CC1. The minimum absolute atomic E-state index is 0.0462. The number of likely N-dealkylation sites (N-methyl/N-ethyl adjacent to an activating group) is 2.